The van der Waals surface area contributed by atoms with Gasteiger partial charge in [0.05, 0.1) is 0 Å². The molecule has 0 bridgehead atoms. The van der Waals surface area contributed by atoms with Crippen LogP contribution in [0.2, 0.25) is 0 Å². The van der Waals surface area contributed by atoms with Crippen molar-refractivity contribution in [3.63, 3.8) is 0 Å². The number of carbonyl (C=O) groups excluding carboxylic acids is 1. The van der Waals surface area contributed by atoms with Crippen LogP contribution in [0.5, 0.6) is 0 Å². The average molecular weight is 224 g/mol. The lowest BCUT2D eigenvalue weighted by atomic mass is 9.96. The lowest BCUT2D eigenvalue weighted by Crippen LogP contribution is -2.05. The van der Waals surface area contributed by atoms with Crippen LogP contribution >= 0.6 is 0 Å². The highest BCUT2D eigenvalue weighted by Gasteiger charge is 2.11. The molecule has 0 N–H and O–H groups in total. The summed E-state index contributed by atoms with van der Waals surface area (Å²) in [5.41, 5.74) is 2.74. The molecule has 2 aromatic carbocycles. The molecule has 17 heavy (non-hydrogen) atoms. The summed E-state index contributed by atoms with van der Waals surface area (Å²) in [6.45, 7) is 2.13. The van der Waals surface area contributed by atoms with Crippen molar-refractivity contribution in [2.45, 2.75) is 19.8 Å². The molecule has 2 aromatic rings. The molecule has 0 saturated carbocycles. The van der Waals surface area contributed by atoms with Gasteiger partial charge in [0.1, 0.15) is 0 Å². The Balaban J connectivity index is 2.37. The third-order valence-electron chi connectivity index (χ3n) is 2.82. The van der Waals surface area contributed by atoms with Crippen molar-refractivity contribution in [2.24, 2.45) is 0 Å². The first-order chi connectivity index (χ1) is 8.33. The first-order valence-electron chi connectivity index (χ1n) is 6.00. The molecule has 0 spiro atoms. The van der Waals surface area contributed by atoms with Crippen molar-refractivity contribution in [1.82, 2.24) is 0 Å². The fourth-order valence-electron chi connectivity index (χ4n) is 1.97. The van der Waals surface area contributed by atoms with Gasteiger partial charge in [0.25, 0.3) is 0 Å². The Labute approximate surface area is 102 Å². The molecule has 0 amide bonds. The van der Waals surface area contributed by atoms with Crippen LogP contribution < -0.4 is 0 Å². The SMILES string of the molecule is CCCc1ccccc1C(=O)c1ccccc1. The predicted octanol–water partition coefficient (Wildman–Crippen LogP) is 3.87. The van der Waals surface area contributed by atoms with Gasteiger partial charge in [-0.2, -0.15) is 0 Å². The zero-order chi connectivity index (χ0) is 12.1. The van der Waals surface area contributed by atoms with Gasteiger partial charge in [-0.05, 0) is 12.0 Å². The average Bonchev–Trinajstić information content (AvgIpc) is 2.40. The quantitative estimate of drug-likeness (QED) is 0.720. The minimum absolute atomic E-state index is 0.120. The zero-order valence-corrected chi connectivity index (χ0v) is 10.0. The summed E-state index contributed by atoms with van der Waals surface area (Å²) in [6.07, 6.45) is 2.01. The maximum Gasteiger partial charge on any atom is 0.193 e. The van der Waals surface area contributed by atoms with Crippen LogP contribution in [0.15, 0.2) is 54.6 Å². The minimum Gasteiger partial charge on any atom is -0.289 e. The van der Waals surface area contributed by atoms with Gasteiger partial charge >= 0.3 is 0 Å². The van der Waals surface area contributed by atoms with Gasteiger partial charge in [0, 0.05) is 11.1 Å². The molecule has 0 fully saturated rings. The highest BCUT2D eigenvalue weighted by Crippen LogP contribution is 2.16. The van der Waals surface area contributed by atoms with E-state index < -0.39 is 0 Å². The largest absolute Gasteiger partial charge is 0.289 e. The van der Waals surface area contributed by atoms with Crippen molar-refractivity contribution in [3.8, 4) is 0 Å². The lowest BCUT2D eigenvalue weighted by Gasteiger charge is -2.07. The van der Waals surface area contributed by atoms with E-state index in [1.54, 1.807) is 0 Å². The lowest BCUT2D eigenvalue weighted by molar-refractivity contribution is 0.103. The molecule has 0 heterocycles. The van der Waals surface area contributed by atoms with E-state index in [9.17, 15) is 4.79 Å². The standard InChI is InChI=1S/C16H16O/c1-2-8-13-9-6-7-12-15(13)16(17)14-10-4-3-5-11-14/h3-7,9-12H,2,8H2,1H3. The molecule has 1 nitrogen and oxygen atoms in total. The summed E-state index contributed by atoms with van der Waals surface area (Å²) in [4.78, 5) is 12.3. The van der Waals surface area contributed by atoms with Crippen LogP contribution in [0, 0.1) is 0 Å². The second kappa shape index (κ2) is 5.44. The first kappa shape index (κ1) is 11.6. The van der Waals surface area contributed by atoms with E-state index in [1.165, 1.54) is 0 Å². The number of carbonyl (C=O) groups is 1. The molecule has 1 heteroatoms. The molecule has 0 saturated heterocycles. The number of hydrogen-bond acceptors (Lipinski definition) is 1. The highest BCUT2D eigenvalue weighted by molar-refractivity contribution is 6.09. The van der Waals surface area contributed by atoms with Crippen molar-refractivity contribution in [3.05, 3.63) is 71.3 Å². The summed E-state index contributed by atoms with van der Waals surface area (Å²) >= 11 is 0. The van der Waals surface area contributed by atoms with Gasteiger partial charge in [0.15, 0.2) is 5.78 Å². The molecule has 0 radical (unpaired) electrons. The van der Waals surface area contributed by atoms with E-state index in [0.29, 0.717) is 0 Å². The summed E-state index contributed by atoms with van der Waals surface area (Å²) in [5.74, 6) is 0.120. The van der Waals surface area contributed by atoms with Crippen LogP contribution in [0.3, 0.4) is 0 Å². The predicted molar refractivity (Wildman–Crippen MR) is 70.3 cm³/mol. The maximum absolute atomic E-state index is 12.3. The third kappa shape index (κ3) is 2.62. The number of aryl methyl sites for hydroxylation is 1. The van der Waals surface area contributed by atoms with E-state index in [4.69, 9.17) is 0 Å². The van der Waals surface area contributed by atoms with Crippen LogP contribution in [0.1, 0.15) is 34.8 Å². The van der Waals surface area contributed by atoms with Gasteiger partial charge in [-0.3, -0.25) is 4.79 Å². The summed E-state index contributed by atoms with van der Waals surface area (Å²) in [5, 5.41) is 0. The number of hydrogen-bond donors (Lipinski definition) is 0. The molecule has 86 valence electrons. The maximum atomic E-state index is 12.3. The van der Waals surface area contributed by atoms with Crippen LogP contribution in [0.4, 0.5) is 0 Å². The fraction of sp³-hybridized carbons (Fsp3) is 0.188. The van der Waals surface area contributed by atoms with Gasteiger partial charge in [-0.1, -0.05) is 67.9 Å². The Hall–Kier alpha value is -1.89. The highest BCUT2D eigenvalue weighted by atomic mass is 16.1. The topological polar surface area (TPSA) is 17.1 Å². The van der Waals surface area contributed by atoms with Gasteiger partial charge in [-0.25, -0.2) is 0 Å². The second-order valence-electron chi connectivity index (χ2n) is 4.10. The molecule has 0 atom stereocenters. The molecule has 0 aliphatic heterocycles. The Bertz CT molecular complexity index is 500. The molecule has 0 aromatic heterocycles. The molecular weight excluding hydrogens is 208 g/mol. The van der Waals surface area contributed by atoms with Crippen molar-refractivity contribution in [1.29, 1.82) is 0 Å². The van der Waals surface area contributed by atoms with Crippen LogP contribution in [-0.4, -0.2) is 5.78 Å². The number of ketones is 1. The smallest absolute Gasteiger partial charge is 0.193 e. The second-order valence-corrected chi connectivity index (χ2v) is 4.10. The summed E-state index contributed by atoms with van der Waals surface area (Å²) in [6, 6.07) is 17.3. The van der Waals surface area contributed by atoms with Crippen molar-refractivity contribution >= 4 is 5.78 Å². The normalized spacial score (nSPS) is 10.2. The van der Waals surface area contributed by atoms with E-state index in [0.717, 1.165) is 29.5 Å². The Morgan fingerprint density at radius 1 is 0.941 bits per heavy atom. The monoisotopic (exact) mass is 224 g/mol. The van der Waals surface area contributed by atoms with E-state index in [-0.39, 0.29) is 5.78 Å². The van der Waals surface area contributed by atoms with Crippen LogP contribution in [0.25, 0.3) is 0 Å². The van der Waals surface area contributed by atoms with E-state index in [1.807, 2.05) is 54.6 Å². The van der Waals surface area contributed by atoms with Crippen LogP contribution in [-0.2, 0) is 6.42 Å². The summed E-state index contributed by atoms with van der Waals surface area (Å²) in [7, 11) is 0. The molecule has 0 aliphatic rings. The molecule has 2 rings (SSSR count). The van der Waals surface area contributed by atoms with Gasteiger partial charge in [-0.15, -0.1) is 0 Å². The number of benzene rings is 2. The molecule has 0 aliphatic carbocycles. The first-order valence-corrected chi connectivity index (χ1v) is 6.00. The molecular formula is C16H16O. The fourth-order valence-corrected chi connectivity index (χ4v) is 1.97. The van der Waals surface area contributed by atoms with E-state index in [2.05, 4.69) is 6.92 Å². The van der Waals surface area contributed by atoms with Crippen molar-refractivity contribution < 1.29 is 4.79 Å². The summed E-state index contributed by atoms with van der Waals surface area (Å²) < 4.78 is 0. The number of rotatable bonds is 4. The Morgan fingerprint density at radius 2 is 1.59 bits per heavy atom. The third-order valence-corrected chi connectivity index (χ3v) is 2.82. The van der Waals surface area contributed by atoms with Gasteiger partial charge < -0.3 is 0 Å². The minimum atomic E-state index is 0.120. The van der Waals surface area contributed by atoms with Gasteiger partial charge in [0.2, 0.25) is 0 Å². The Morgan fingerprint density at radius 3 is 2.29 bits per heavy atom. The van der Waals surface area contributed by atoms with E-state index >= 15 is 0 Å². The Kier molecular flexibility index (Phi) is 3.71. The zero-order valence-electron chi connectivity index (χ0n) is 10.0. The van der Waals surface area contributed by atoms with Crippen molar-refractivity contribution in [2.75, 3.05) is 0 Å². The molecule has 0 unspecified atom stereocenters.